The van der Waals surface area contributed by atoms with E-state index in [2.05, 4.69) is 11.9 Å². The molecule has 1 unspecified atom stereocenters. The van der Waals surface area contributed by atoms with Crippen LogP contribution in [0.25, 0.3) is 0 Å². The smallest absolute Gasteiger partial charge is 0.0708 e. The van der Waals surface area contributed by atoms with E-state index >= 15 is 0 Å². The summed E-state index contributed by atoms with van der Waals surface area (Å²) in [5, 5.41) is 3.51. The van der Waals surface area contributed by atoms with Crippen molar-refractivity contribution in [1.82, 2.24) is 5.32 Å². The summed E-state index contributed by atoms with van der Waals surface area (Å²) in [5.74, 6) is 2.23. The molecule has 1 atom stereocenters. The van der Waals surface area contributed by atoms with Gasteiger partial charge in [-0.05, 0) is 25.7 Å². The normalized spacial score (nSPS) is 26.7. The van der Waals surface area contributed by atoms with Crippen molar-refractivity contribution in [3.8, 4) is 0 Å². The quantitative estimate of drug-likeness (QED) is 0.558. The highest BCUT2D eigenvalue weighted by molar-refractivity contribution is 7.99. The van der Waals surface area contributed by atoms with Crippen molar-refractivity contribution >= 4 is 11.8 Å². The van der Waals surface area contributed by atoms with Crippen LogP contribution in [0, 0.1) is 0 Å². The minimum absolute atomic E-state index is 0.296. The first kappa shape index (κ1) is 13.4. The predicted octanol–water partition coefficient (Wildman–Crippen LogP) is 2.99. The zero-order chi connectivity index (χ0) is 12.0. The van der Waals surface area contributed by atoms with Gasteiger partial charge in [0.05, 0.1) is 11.7 Å². The van der Waals surface area contributed by atoms with Crippen LogP contribution >= 0.6 is 11.8 Å². The van der Waals surface area contributed by atoms with E-state index in [1.54, 1.807) is 0 Å². The van der Waals surface area contributed by atoms with Crippen molar-refractivity contribution in [1.29, 1.82) is 0 Å². The van der Waals surface area contributed by atoms with Gasteiger partial charge >= 0.3 is 0 Å². The molecule has 0 amide bonds. The number of nitrogens with one attached hydrogen (secondary N) is 1. The Bertz CT molecular complexity index is 238. The fraction of sp³-hybridized carbons (Fsp3) is 0.857. The fourth-order valence-electron chi connectivity index (χ4n) is 3.00. The maximum absolute atomic E-state index is 6.25. The number of hydrogen-bond acceptors (Lipinski definition) is 3. The first-order valence-electron chi connectivity index (χ1n) is 6.92. The van der Waals surface area contributed by atoms with Crippen molar-refractivity contribution in [3.63, 3.8) is 0 Å². The Morgan fingerprint density at radius 1 is 1.35 bits per heavy atom. The Kier molecular flexibility index (Phi) is 5.39. The van der Waals surface area contributed by atoms with Gasteiger partial charge in [-0.3, -0.25) is 0 Å². The van der Waals surface area contributed by atoms with Crippen LogP contribution in [-0.2, 0) is 4.74 Å². The highest BCUT2D eigenvalue weighted by atomic mass is 32.2. The molecule has 1 spiro atoms. The zero-order valence-corrected chi connectivity index (χ0v) is 11.6. The minimum Gasteiger partial charge on any atom is -0.370 e. The van der Waals surface area contributed by atoms with Crippen LogP contribution in [0.3, 0.4) is 0 Å². The molecule has 98 valence electrons. The molecule has 1 heterocycles. The van der Waals surface area contributed by atoms with Gasteiger partial charge in [-0.1, -0.05) is 18.9 Å². The van der Waals surface area contributed by atoms with E-state index in [9.17, 15) is 0 Å². The van der Waals surface area contributed by atoms with E-state index in [0.717, 1.165) is 18.8 Å². The number of rotatable bonds is 7. The molecule has 3 heteroatoms. The SMILES string of the molecule is C=CCSCCNCC1CCC2(CCCC2)O1. The highest BCUT2D eigenvalue weighted by Gasteiger charge is 2.41. The molecular weight excluding hydrogens is 230 g/mol. The summed E-state index contributed by atoms with van der Waals surface area (Å²) in [6, 6.07) is 0. The third kappa shape index (κ3) is 4.01. The summed E-state index contributed by atoms with van der Waals surface area (Å²) in [6.07, 6.45) is 10.3. The molecule has 0 aromatic heterocycles. The standard InChI is InChI=1S/C14H25NOS/c1-2-10-17-11-9-15-12-13-5-8-14(16-13)6-3-4-7-14/h2,13,15H,1,3-12H2. The molecule has 1 aliphatic heterocycles. The molecule has 2 aliphatic rings. The molecule has 1 aliphatic carbocycles. The van der Waals surface area contributed by atoms with Crippen LogP contribution in [0.15, 0.2) is 12.7 Å². The average molecular weight is 255 g/mol. The Morgan fingerprint density at radius 3 is 2.94 bits per heavy atom. The van der Waals surface area contributed by atoms with Gasteiger partial charge in [-0.15, -0.1) is 6.58 Å². The Hall–Kier alpha value is 0.01000. The number of hydrogen-bond donors (Lipinski definition) is 1. The molecule has 0 bridgehead atoms. The van der Waals surface area contributed by atoms with E-state index < -0.39 is 0 Å². The maximum Gasteiger partial charge on any atom is 0.0708 e. The van der Waals surface area contributed by atoms with Gasteiger partial charge in [0, 0.05) is 24.6 Å². The Labute approximate surface area is 110 Å². The molecule has 1 N–H and O–H groups in total. The maximum atomic E-state index is 6.25. The summed E-state index contributed by atoms with van der Waals surface area (Å²) in [4.78, 5) is 0. The van der Waals surface area contributed by atoms with E-state index in [1.807, 2.05) is 17.8 Å². The van der Waals surface area contributed by atoms with Crippen molar-refractivity contribution in [2.45, 2.75) is 50.2 Å². The van der Waals surface area contributed by atoms with E-state index in [0.29, 0.717) is 11.7 Å². The first-order valence-corrected chi connectivity index (χ1v) is 8.07. The van der Waals surface area contributed by atoms with Gasteiger partial charge in [0.1, 0.15) is 0 Å². The topological polar surface area (TPSA) is 21.3 Å². The van der Waals surface area contributed by atoms with Crippen molar-refractivity contribution in [2.75, 3.05) is 24.6 Å². The first-order chi connectivity index (χ1) is 8.35. The highest BCUT2D eigenvalue weighted by Crippen LogP contribution is 2.43. The largest absolute Gasteiger partial charge is 0.370 e. The Morgan fingerprint density at radius 2 is 2.18 bits per heavy atom. The van der Waals surface area contributed by atoms with Crippen molar-refractivity contribution in [2.24, 2.45) is 0 Å². The molecular formula is C14H25NOS. The van der Waals surface area contributed by atoms with Crippen LogP contribution in [0.1, 0.15) is 38.5 Å². The lowest BCUT2D eigenvalue weighted by atomic mass is 9.98. The lowest BCUT2D eigenvalue weighted by Gasteiger charge is -2.23. The second-order valence-corrected chi connectivity index (χ2v) is 6.39. The van der Waals surface area contributed by atoms with Gasteiger partial charge in [0.15, 0.2) is 0 Å². The summed E-state index contributed by atoms with van der Waals surface area (Å²) < 4.78 is 6.25. The molecule has 2 fully saturated rings. The summed E-state index contributed by atoms with van der Waals surface area (Å²) in [7, 11) is 0. The second kappa shape index (κ2) is 6.81. The van der Waals surface area contributed by atoms with E-state index in [4.69, 9.17) is 4.74 Å². The minimum atomic E-state index is 0.296. The summed E-state index contributed by atoms with van der Waals surface area (Å²) in [6.45, 7) is 5.85. The summed E-state index contributed by atoms with van der Waals surface area (Å²) in [5.41, 5.74) is 0.296. The molecule has 0 aromatic carbocycles. The van der Waals surface area contributed by atoms with Crippen LogP contribution in [-0.4, -0.2) is 36.3 Å². The predicted molar refractivity (Wildman–Crippen MR) is 75.7 cm³/mol. The van der Waals surface area contributed by atoms with Crippen LogP contribution in [0.2, 0.25) is 0 Å². The molecule has 1 saturated heterocycles. The lowest BCUT2D eigenvalue weighted by molar-refractivity contribution is -0.0348. The van der Waals surface area contributed by atoms with Crippen LogP contribution in [0.4, 0.5) is 0 Å². The second-order valence-electron chi connectivity index (χ2n) is 5.24. The molecule has 2 rings (SSSR count). The van der Waals surface area contributed by atoms with E-state index in [1.165, 1.54) is 44.3 Å². The molecule has 1 saturated carbocycles. The molecule has 0 radical (unpaired) electrons. The van der Waals surface area contributed by atoms with Gasteiger partial charge in [-0.25, -0.2) is 0 Å². The van der Waals surface area contributed by atoms with Gasteiger partial charge in [0.25, 0.3) is 0 Å². The molecule has 0 aromatic rings. The van der Waals surface area contributed by atoms with E-state index in [-0.39, 0.29) is 0 Å². The molecule has 17 heavy (non-hydrogen) atoms. The fourth-order valence-corrected chi connectivity index (χ4v) is 3.62. The van der Waals surface area contributed by atoms with Crippen molar-refractivity contribution < 1.29 is 4.74 Å². The van der Waals surface area contributed by atoms with Crippen molar-refractivity contribution in [3.05, 3.63) is 12.7 Å². The van der Waals surface area contributed by atoms with Gasteiger partial charge in [-0.2, -0.15) is 11.8 Å². The lowest BCUT2D eigenvalue weighted by Crippen LogP contribution is -2.32. The van der Waals surface area contributed by atoms with Crippen LogP contribution < -0.4 is 5.32 Å². The van der Waals surface area contributed by atoms with Gasteiger partial charge < -0.3 is 10.1 Å². The Balaban J connectivity index is 1.54. The third-order valence-corrected chi connectivity index (χ3v) is 4.85. The monoisotopic (exact) mass is 255 g/mol. The molecule has 2 nitrogen and oxygen atoms in total. The number of thioether (sulfide) groups is 1. The summed E-state index contributed by atoms with van der Waals surface area (Å²) >= 11 is 1.93. The third-order valence-electron chi connectivity index (χ3n) is 3.88. The average Bonchev–Trinajstić information content (AvgIpc) is 2.95. The zero-order valence-electron chi connectivity index (χ0n) is 10.7. The van der Waals surface area contributed by atoms with Crippen LogP contribution in [0.5, 0.6) is 0 Å². The van der Waals surface area contributed by atoms with Gasteiger partial charge in [0.2, 0.25) is 0 Å². The number of ether oxygens (including phenoxy) is 1.